The molecule has 1 aromatic rings. The monoisotopic (exact) mass is 272 g/mol. The number of hydrogen-bond acceptors (Lipinski definition) is 3. The molecule has 19 heavy (non-hydrogen) atoms. The van der Waals surface area contributed by atoms with Crippen LogP contribution in [-0.4, -0.2) is 17.2 Å². The van der Waals surface area contributed by atoms with Crippen molar-refractivity contribution in [1.82, 2.24) is 0 Å². The van der Waals surface area contributed by atoms with Crippen molar-refractivity contribution in [1.29, 1.82) is 0 Å². The second-order valence-corrected chi connectivity index (χ2v) is 4.76. The van der Waals surface area contributed by atoms with Crippen LogP contribution < -0.4 is 0 Å². The molecule has 0 aromatic heterocycles. The molecule has 0 unspecified atom stereocenters. The minimum absolute atomic E-state index is 0.146. The van der Waals surface area contributed by atoms with Gasteiger partial charge in [0.15, 0.2) is 0 Å². The Hall–Kier alpha value is -1.62. The van der Waals surface area contributed by atoms with Crippen molar-refractivity contribution in [2.75, 3.05) is 0 Å². The summed E-state index contributed by atoms with van der Waals surface area (Å²) in [5.74, 6) is -1.45. The zero-order valence-corrected chi connectivity index (χ0v) is 11.5. The van der Waals surface area contributed by atoms with Gasteiger partial charge in [-0.15, -0.1) is 0 Å². The molecule has 0 saturated heterocycles. The van der Waals surface area contributed by atoms with Gasteiger partial charge in [0.2, 0.25) is 0 Å². The first-order valence-corrected chi connectivity index (χ1v) is 5.71. The average Bonchev–Trinajstić information content (AvgIpc) is 2.21. The highest BCUT2D eigenvalue weighted by atomic mass is 19.1. The van der Waals surface area contributed by atoms with Crippen molar-refractivity contribution in [2.24, 2.45) is 0 Å². The van der Waals surface area contributed by atoms with E-state index in [-0.39, 0.29) is 23.3 Å². The highest BCUT2D eigenvalue weighted by Gasteiger charge is 2.20. The van der Waals surface area contributed by atoms with Crippen molar-refractivity contribution >= 4 is 12.1 Å². The van der Waals surface area contributed by atoms with E-state index in [1.165, 1.54) is 27.7 Å². The molecule has 0 fully saturated rings. The molecule has 0 radical (unpaired) electrons. The number of halogens is 2. The fraction of sp³-hybridized carbons (Fsp3) is 0.429. The van der Waals surface area contributed by atoms with Crippen LogP contribution in [0.5, 0.6) is 0 Å². The number of aldehydes is 1. The molecule has 0 aliphatic heterocycles. The largest absolute Gasteiger partial charge is 0.386 e. The Morgan fingerprint density at radius 2 is 1.63 bits per heavy atom. The summed E-state index contributed by atoms with van der Waals surface area (Å²) in [4.78, 5) is 19.6. The summed E-state index contributed by atoms with van der Waals surface area (Å²) in [6.45, 7) is 5.92. The normalized spacial score (nSPS) is 10.5. The van der Waals surface area contributed by atoms with Crippen LogP contribution >= 0.6 is 0 Å². The molecular weight excluding hydrogens is 254 g/mol. The van der Waals surface area contributed by atoms with Gasteiger partial charge in [-0.2, -0.15) is 0 Å². The van der Waals surface area contributed by atoms with Gasteiger partial charge in [-0.25, -0.2) is 8.78 Å². The first-order valence-electron chi connectivity index (χ1n) is 5.71. The summed E-state index contributed by atoms with van der Waals surface area (Å²) < 4.78 is 26.6. The topological polar surface area (TPSA) is 54.4 Å². The Morgan fingerprint density at radius 1 is 1.26 bits per heavy atom. The summed E-state index contributed by atoms with van der Waals surface area (Å²) in [7, 11) is 0. The molecule has 0 amide bonds. The summed E-state index contributed by atoms with van der Waals surface area (Å²) in [5, 5.41) is 9.56. The zero-order valence-electron chi connectivity index (χ0n) is 11.5. The number of carbonyl (C=O) groups is 2. The molecule has 0 aliphatic carbocycles. The lowest BCUT2D eigenvalue weighted by atomic mass is 9.96. The van der Waals surface area contributed by atoms with E-state index in [0.29, 0.717) is 6.29 Å². The molecule has 0 heterocycles. The lowest BCUT2D eigenvalue weighted by Gasteiger charge is -2.18. The minimum Gasteiger partial charge on any atom is -0.386 e. The molecule has 0 atom stereocenters. The van der Waals surface area contributed by atoms with Crippen LogP contribution in [0.15, 0.2) is 12.1 Å². The van der Waals surface area contributed by atoms with E-state index in [2.05, 4.69) is 0 Å². The Kier molecular flexibility index (Phi) is 6.48. The van der Waals surface area contributed by atoms with E-state index in [1.54, 1.807) is 0 Å². The summed E-state index contributed by atoms with van der Waals surface area (Å²) >= 11 is 0. The zero-order chi connectivity index (χ0) is 15.2. The summed E-state index contributed by atoms with van der Waals surface area (Å²) in [6, 6.07) is 2.09. The van der Waals surface area contributed by atoms with E-state index < -0.39 is 17.2 Å². The molecule has 0 spiro atoms. The maximum absolute atomic E-state index is 13.3. The molecule has 3 nitrogen and oxygen atoms in total. The van der Waals surface area contributed by atoms with Crippen molar-refractivity contribution in [3.05, 3.63) is 34.9 Å². The van der Waals surface area contributed by atoms with Crippen molar-refractivity contribution in [3.63, 3.8) is 0 Å². The van der Waals surface area contributed by atoms with Crippen LogP contribution in [0.4, 0.5) is 8.78 Å². The fourth-order valence-electron chi connectivity index (χ4n) is 1.23. The van der Waals surface area contributed by atoms with Gasteiger partial charge in [0.25, 0.3) is 0 Å². The Morgan fingerprint density at radius 3 is 1.89 bits per heavy atom. The minimum atomic E-state index is -1.30. The van der Waals surface area contributed by atoms with E-state index in [9.17, 15) is 23.5 Å². The number of Topliss-reactive ketones (excluding diaryl/α,β-unsaturated/α-hetero) is 1. The maximum atomic E-state index is 13.3. The van der Waals surface area contributed by atoms with Crippen LogP contribution in [0, 0.1) is 11.6 Å². The molecule has 0 bridgehead atoms. The molecule has 0 saturated carbocycles. The Bertz CT molecular complexity index is 435. The third-order valence-corrected chi connectivity index (χ3v) is 2.13. The van der Waals surface area contributed by atoms with E-state index >= 15 is 0 Å². The van der Waals surface area contributed by atoms with Gasteiger partial charge < -0.3 is 14.7 Å². The van der Waals surface area contributed by atoms with Gasteiger partial charge in [0.05, 0.1) is 5.60 Å². The molecule has 0 aliphatic rings. The molecule has 1 rings (SSSR count). The smallest absolute Gasteiger partial charge is 0.130 e. The maximum Gasteiger partial charge on any atom is 0.130 e. The van der Waals surface area contributed by atoms with Crippen molar-refractivity contribution < 1.29 is 23.5 Å². The first kappa shape index (κ1) is 17.4. The van der Waals surface area contributed by atoms with E-state index in [0.717, 1.165) is 12.1 Å². The summed E-state index contributed by atoms with van der Waals surface area (Å²) in [5.41, 5.74) is -1.42. The summed E-state index contributed by atoms with van der Waals surface area (Å²) in [6.07, 6.45) is 0.134. The van der Waals surface area contributed by atoms with Gasteiger partial charge >= 0.3 is 0 Å². The number of hydrogen-bond donors (Lipinski definition) is 1. The SMILES string of the molecule is CC(C)(O)c1cc(F)c(CC=O)c(F)c1.CC(C)=O. The van der Waals surface area contributed by atoms with Crippen molar-refractivity contribution in [3.8, 4) is 0 Å². The number of aliphatic hydroxyl groups is 1. The quantitative estimate of drug-likeness (QED) is 0.860. The van der Waals surface area contributed by atoms with Crippen LogP contribution in [0.2, 0.25) is 0 Å². The van der Waals surface area contributed by atoms with Crippen LogP contribution in [-0.2, 0) is 21.6 Å². The highest BCUT2D eigenvalue weighted by molar-refractivity contribution is 5.72. The van der Waals surface area contributed by atoms with Gasteiger partial charge in [0.1, 0.15) is 23.7 Å². The molecule has 5 heteroatoms. The lowest BCUT2D eigenvalue weighted by molar-refractivity contribution is -0.115. The number of benzene rings is 1. The lowest BCUT2D eigenvalue weighted by Crippen LogP contribution is -2.17. The second-order valence-electron chi connectivity index (χ2n) is 4.76. The molecular formula is C14H18F2O3. The second kappa shape index (κ2) is 7.09. The van der Waals surface area contributed by atoms with Crippen molar-refractivity contribution in [2.45, 2.75) is 39.7 Å². The van der Waals surface area contributed by atoms with Gasteiger partial charge in [-0.3, -0.25) is 0 Å². The van der Waals surface area contributed by atoms with Gasteiger partial charge in [-0.1, -0.05) is 0 Å². The molecule has 106 valence electrons. The fourth-order valence-corrected chi connectivity index (χ4v) is 1.23. The van der Waals surface area contributed by atoms with Gasteiger partial charge in [-0.05, 0) is 45.4 Å². The predicted molar refractivity (Wildman–Crippen MR) is 67.7 cm³/mol. The van der Waals surface area contributed by atoms with E-state index in [1.807, 2.05) is 0 Å². The highest BCUT2D eigenvalue weighted by Crippen LogP contribution is 2.24. The van der Waals surface area contributed by atoms with Gasteiger partial charge in [0, 0.05) is 12.0 Å². The number of rotatable bonds is 3. The molecule has 1 aromatic carbocycles. The van der Waals surface area contributed by atoms with E-state index in [4.69, 9.17) is 0 Å². The third kappa shape index (κ3) is 6.20. The van der Waals surface area contributed by atoms with Crippen LogP contribution in [0.3, 0.4) is 0 Å². The average molecular weight is 272 g/mol. The number of ketones is 1. The third-order valence-electron chi connectivity index (χ3n) is 2.13. The standard InChI is InChI=1S/C11H12F2O2.C3H6O/c1-11(2,15)7-5-9(12)8(3-4-14)10(13)6-7;1-3(2)4/h4-6,15H,3H2,1-2H3;1-2H3. The molecule has 1 N–H and O–H groups in total. The van der Waals surface area contributed by atoms with Crippen LogP contribution in [0.25, 0.3) is 0 Å². The first-order chi connectivity index (χ1) is 8.59. The Balaban J connectivity index is 0.000000711. The Labute approximate surface area is 111 Å². The number of carbonyl (C=O) groups excluding carboxylic acids is 2. The van der Waals surface area contributed by atoms with Crippen LogP contribution in [0.1, 0.15) is 38.8 Å². The predicted octanol–water partition coefficient (Wildman–Crippen LogP) is 2.53.